The molecule has 3 heterocycles. The van der Waals surface area contributed by atoms with Crippen molar-refractivity contribution < 1.29 is 13.2 Å². The molecule has 0 aromatic carbocycles. The molecule has 0 bridgehead atoms. The summed E-state index contributed by atoms with van der Waals surface area (Å²) in [7, 11) is 0. The monoisotopic (exact) mass is 321 g/mol. The summed E-state index contributed by atoms with van der Waals surface area (Å²) >= 11 is 0. The van der Waals surface area contributed by atoms with E-state index in [0.717, 1.165) is 31.1 Å². The number of hydrogen-bond acceptors (Lipinski definition) is 4. The normalized spacial score (nSPS) is 18.7. The summed E-state index contributed by atoms with van der Waals surface area (Å²) in [4.78, 5) is 6.09. The first-order valence-electron chi connectivity index (χ1n) is 7.21. The minimum absolute atomic E-state index is 0.115. The van der Waals surface area contributed by atoms with E-state index >= 15 is 0 Å². The minimum Gasteiger partial charge on any atom is -0.368 e. The summed E-state index contributed by atoms with van der Waals surface area (Å²) in [6.07, 6.45) is 0.209. The van der Waals surface area contributed by atoms with Crippen molar-refractivity contribution in [1.29, 1.82) is 5.26 Å². The minimum atomic E-state index is -4.42. The van der Waals surface area contributed by atoms with Crippen LogP contribution in [-0.2, 0) is 6.18 Å². The molecule has 1 fully saturated rings. The van der Waals surface area contributed by atoms with Gasteiger partial charge in [-0.2, -0.15) is 23.5 Å². The molecule has 0 saturated carbocycles. The maximum absolute atomic E-state index is 12.7. The van der Waals surface area contributed by atoms with Gasteiger partial charge in [0.2, 0.25) is 0 Å². The van der Waals surface area contributed by atoms with Gasteiger partial charge < -0.3 is 4.90 Å². The number of hydrogen-bond donors (Lipinski definition) is 0. The van der Waals surface area contributed by atoms with Gasteiger partial charge in [0, 0.05) is 19.3 Å². The third-order valence-electron chi connectivity index (χ3n) is 3.90. The van der Waals surface area contributed by atoms with Crippen LogP contribution in [0.2, 0.25) is 0 Å². The Hall–Kier alpha value is -2.56. The van der Waals surface area contributed by atoms with Gasteiger partial charge in [-0.15, -0.1) is 0 Å². The second-order valence-electron chi connectivity index (χ2n) is 5.43. The van der Waals surface area contributed by atoms with Crippen molar-refractivity contribution in [3.63, 3.8) is 0 Å². The Morgan fingerprint density at radius 2 is 2.09 bits per heavy atom. The molecular weight excluding hydrogens is 307 g/mol. The third kappa shape index (κ3) is 3.28. The Bertz CT molecular complexity index is 714. The lowest BCUT2D eigenvalue weighted by atomic mass is 10.1. The Balaban J connectivity index is 1.75. The standard InChI is InChI=1S/C15H14F3N5/c16-15(17,18)14-5-7-23(21-14)13-2-1-6-22(10-13)12-4-3-11(8-19)20-9-12/h3-5,7,9,13H,1-2,6,10H2. The van der Waals surface area contributed by atoms with Gasteiger partial charge in [0.15, 0.2) is 5.69 Å². The number of aromatic nitrogens is 3. The number of alkyl halides is 3. The van der Waals surface area contributed by atoms with Crippen molar-refractivity contribution in [2.45, 2.75) is 25.1 Å². The zero-order chi connectivity index (χ0) is 16.4. The van der Waals surface area contributed by atoms with E-state index in [0.29, 0.717) is 12.2 Å². The van der Waals surface area contributed by atoms with Crippen LogP contribution in [-0.4, -0.2) is 27.9 Å². The Labute approximate surface area is 131 Å². The second kappa shape index (κ2) is 5.91. The number of nitriles is 1. The van der Waals surface area contributed by atoms with Crippen LogP contribution >= 0.6 is 0 Å². The van der Waals surface area contributed by atoms with Crippen LogP contribution in [0.3, 0.4) is 0 Å². The van der Waals surface area contributed by atoms with Crippen molar-refractivity contribution in [3.8, 4) is 6.07 Å². The topological polar surface area (TPSA) is 57.7 Å². The molecule has 2 aromatic rings. The number of anilines is 1. The van der Waals surface area contributed by atoms with E-state index in [1.165, 1.54) is 10.9 Å². The highest BCUT2D eigenvalue weighted by Crippen LogP contribution is 2.30. The SMILES string of the molecule is N#Cc1ccc(N2CCCC(n3ccc(C(F)(F)F)n3)C2)cn1. The molecule has 1 aliphatic heterocycles. The van der Waals surface area contributed by atoms with Gasteiger partial charge in [-0.3, -0.25) is 4.68 Å². The Morgan fingerprint density at radius 1 is 1.26 bits per heavy atom. The third-order valence-corrected chi connectivity index (χ3v) is 3.90. The molecule has 8 heteroatoms. The van der Waals surface area contributed by atoms with E-state index < -0.39 is 11.9 Å². The molecule has 1 saturated heterocycles. The molecule has 23 heavy (non-hydrogen) atoms. The fourth-order valence-corrected chi connectivity index (χ4v) is 2.74. The van der Waals surface area contributed by atoms with Gasteiger partial charge in [0.25, 0.3) is 0 Å². The number of pyridine rings is 1. The summed E-state index contributed by atoms with van der Waals surface area (Å²) < 4.78 is 39.4. The molecule has 1 unspecified atom stereocenters. The second-order valence-corrected chi connectivity index (χ2v) is 5.43. The molecule has 0 spiro atoms. The summed E-state index contributed by atoms with van der Waals surface area (Å²) in [5, 5.41) is 12.4. The van der Waals surface area contributed by atoms with Gasteiger partial charge in [0.1, 0.15) is 11.8 Å². The molecule has 1 aliphatic rings. The van der Waals surface area contributed by atoms with E-state index in [9.17, 15) is 13.2 Å². The van der Waals surface area contributed by atoms with E-state index in [-0.39, 0.29) is 6.04 Å². The van der Waals surface area contributed by atoms with E-state index in [2.05, 4.69) is 15.0 Å². The fraction of sp³-hybridized carbons (Fsp3) is 0.400. The van der Waals surface area contributed by atoms with Crippen molar-refractivity contribution >= 4 is 5.69 Å². The summed E-state index contributed by atoms with van der Waals surface area (Å²) in [5.41, 5.74) is 0.329. The zero-order valence-corrected chi connectivity index (χ0v) is 12.2. The van der Waals surface area contributed by atoms with E-state index in [1.807, 2.05) is 6.07 Å². The predicted molar refractivity (Wildman–Crippen MR) is 76.7 cm³/mol. The summed E-state index contributed by atoms with van der Waals surface area (Å²) in [5.74, 6) is 0. The lowest BCUT2D eigenvalue weighted by molar-refractivity contribution is -0.141. The quantitative estimate of drug-likeness (QED) is 0.853. The number of nitrogens with zero attached hydrogens (tertiary/aromatic N) is 5. The van der Waals surface area contributed by atoms with Crippen LogP contribution in [0.4, 0.5) is 18.9 Å². The van der Waals surface area contributed by atoms with Crippen LogP contribution in [0.15, 0.2) is 30.6 Å². The van der Waals surface area contributed by atoms with Crippen LogP contribution < -0.4 is 4.90 Å². The van der Waals surface area contributed by atoms with Crippen LogP contribution in [0.25, 0.3) is 0 Å². The first kappa shape index (κ1) is 15.3. The molecule has 3 rings (SSSR count). The van der Waals surface area contributed by atoms with Crippen LogP contribution in [0.5, 0.6) is 0 Å². The lowest BCUT2D eigenvalue weighted by Crippen LogP contribution is -2.37. The smallest absolute Gasteiger partial charge is 0.368 e. The largest absolute Gasteiger partial charge is 0.435 e. The average molecular weight is 321 g/mol. The molecule has 0 N–H and O–H groups in total. The number of rotatable bonds is 2. The maximum Gasteiger partial charge on any atom is 0.435 e. The van der Waals surface area contributed by atoms with Gasteiger partial charge in [-0.1, -0.05) is 0 Å². The van der Waals surface area contributed by atoms with Crippen molar-refractivity contribution in [2.24, 2.45) is 0 Å². The molecule has 0 aliphatic carbocycles. The summed E-state index contributed by atoms with van der Waals surface area (Å²) in [6.45, 7) is 1.37. The highest BCUT2D eigenvalue weighted by Gasteiger charge is 2.34. The van der Waals surface area contributed by atoms with Crippen molar-refractivity contribution in [1.82, 2.24) is 14.8 Å². The zero-order valence-electron chi connectivity index (χ0n) is 12.2. The Kier molecular flexibility index (Phi) is 3.94. The fourth-order valence-electron chi connectivity index (χ4n) is 2.74. The van der Waals surface area contributed by atoms with Gasteiger partial charge in [-0.25, -0.2) is 4.98 Å². The molecular formula is C15H14F3N5. The molecule has 0 amide bonds. The molecule has 1 atom stereocenters. The molecule has 0 radical (unpaired) electrons. The Morgan fingerprint density at radius 3 is 2.70 bits per heavy atom. The van der Waals surface area contributed by atoms with Crippen molar-refractivity contribution in [3.05, 3.63) is 42.0 Å². The van der Waals surface area contributed by atoms with Gasteiger partial charge in [-0.05, 0) is 31.0 Å². The van der Waals surface area contributed by atoms with E-state index in [4.69, 9.17) is 5.26 Å². The average Bonchev–Trinajstić information content (AvgIpc) is 3.05. The molecule has 120 valence electrons. The highest BCUT2D eigenvalue weighted by molar-refractivity contribution is 5.46. The van der Waals surface area contributed by atoms with Gasteiger partial charge in [0.05, 0.1) is 17.9 Å². The van der Waals surface area contributed by atoms with Crippen LogP contribution in [0, 0.1) is 11.3 Å². The van der Waals surface area contributed by atoms with Crippen LogP contribution in [0.1, 0.15) is 30.3 Å². The van der Waals surface area contributed by atoms with E-state index in [1.54, 1.807) is 18.3 Å². The van der Waals surface area contributed by atoms with Gasteiger partial charge >= 0.3 is 6.18 Å². The summed E-state index contributed by atoms with van der Waals surface area (Å²) in [6, 6.07) is 6.28. The predicted octanol–water partition coefficient (Wildman–Crippen LogP) is 3.01. The molecule has 2 aromatic heterocycles. The number of piperidine rings is 1. The van der Waals surface area contributed by atoms with Crippen molar-refractivity contribution in [2.75, 3.05) is 18.0 Å². The first-order valence-corrected chi connectivity index (χ1v) is 7.21. The number of halogens is 3. The molecule has 5 nitrogen and oxygen atoms in total. The maximum atomic E-state index is 12.7. The highest BCUT2D eigenvalue weighted by atomic mass is 19.4. The first-order chi connectivity index (χ1) is 11.0. The lowest BCUT2D eigenvalue weighted by Gasteiger charge is -2.34.